The standard InChI is InChI=1S/C24H28N6O3S/c1-2-8-28-19-5-3-4-6-20(19)29(24(28)33)9-7-21(31)27-12-10-26(11-13-27)17-18-16-22(32)30-14-15-34-23(30)25-18/h3-6,14-16H,2,7-13,17H2,1H3. The molecule has 0 atom stereocenters. The Morgan fingerprint density at radius 1 is 1.03 bits per heavy atom. The highest BCUT2D eigenvalue weighted by Gasteiger charge is 2.22. The van der Waals surface area contributed by atoms with Gasteiger partial charge >= 0.3 is 5.69 Å². The lowest BCUT2D eigenvalue weighted by Crippen LogP contribution is -2.48. The van der Waals surface area contributed by atoms with Gasteiger partial charge in [-0.25, -0.2) is 9.78 Å². The molecular weight excluding hydrogens is 452 g/mol. The summed E-state index contributed by atoms with van der Waals surface area (Å²) >= 11 is 1.45. The number of rotatable bonds is 7. The largest absolute Gasteiger partial charge is 0.340 e. The van der Waals surface area contributed by atoms with Gasteiger partial charge in [-0.1, -0.05) is 19.1 Å². The minimum Gasteiger partial charge on any atom is -0.340 e. The van der Waals surface area contributed by atoms with Gasteiger partial charge in [0.15, 0.2) is 4.96 Å². The van der Waals surface area contributed by atoms with Crippen LogP contribution < -0.4 is 11.2 Å². The number of aromatic nitrogens is 4. The van der Waals surface area contributed by atoms with Crippen LogP contribution in [0.4, 0.5) is 0 Å². The monoisotopic (exact) mass is 480 g/mol. The molecule has 0 radical (unpaired) electrons. The highest BCUT2D eigenvalue weighted by molar-refractivity contribution is 7.15. The molecule has 0 unspecified atom stereocenters. The molecule has 34 heavy (non-hydrogen) atoms. The van der Waals surface area contributed by atoms with Gasteiger partial charge in [-0.2, -0.15) is 0 Å². The van der Waals surface area contributed by atoms with Crippen molar-refractivity contribution in [3.63, 3.8) is 0 Å². The number of carbonyl (C=O) groups is 1. The Bertz CT molecular complexity index is 1440. The molecule has 3 aromatic heterocycles. The molecule has 4 heterocycles. The minimum atomic E-state index is -0.0643. The summed E-state index contributed by atoms with van der Waals surface area (Å²) in [7, 11) is 0. The van der Waals surface area contributed by atoms with Gasteiger partial charge in [-0.05, 0) is 18.6 Å². The predicted octanol–water partition coefficient (Wildman–Crippen LogP) is 2.02. The molecule has 0 bridgehead atoms. The maximum absolute atomic E-state index is 12.9. The summed E-state index contributed by atoms with van der Waals surface area (Å²) in [6, 6.07) is 9.36. The molecule has 1 aliphatic heterocycles. The first-order chi connectivity index (χ1) is 16.5. The Morgan fingerprint density at radius 2 is 1.74 bits per heavy atom. The molecule has 0 N–H and O–H groups in total. The van der Waals surface area contributed by atoms with Crippen LogP contribution in [0, 0.1) is 0 Å². The van der Waals surface area contributed by atoms with E-state index in [9.17, 15) is 14.4 Å². The van der Waals surface area contributed by atoms with Crippen molar-refractivity contribution in [2.75, 3.05) is 26.2 Å². The van der Waals surface area contributed by atoms with E-state index in [1.54, 1.807) is 25.8 Å². The number of thiazole rings is 1. The number of hydrogen-bond donors (Lipinski definition) is 0. The van der Waals surface area contributed by atoms with Crippen molar-refractivity contribution in [3.8, 4) is 0 Å². The summed E-state index contributed by atoms with van der Waals surface area (Å²) < 4.78 is 5.08. The van der Waals surface area contributed by atoms with Crippen molar-refractivity contribution >= 4 is 33.2 Å². The molecule has 1 aliphatic rings. The van der Waals surface area contributed by atoms with Crippen molar-refractivity contribution in [3.05, 3.63) is 68.4 Å². The quantitative estimate of drug-likeness (QED) is 0.404. The first-order valence-corrected chi connectivity index (χ1v) is 12.6. The number of piperazine rings is 1. The van der Waals surface area contributed by atoms with E-state index < -0.39 is 0 Å². The fraction of sp³-hybridized carbons (Fsp3) is 0.417. The van der Waals surface area contributed by atoms with Gasteiger partial charge in [-0.15, -0.1) is 11.3 Å². The van der Waals surface area contributed by atoms with Crippen LogP contribution in [0.1, 0.15) is 25.5 Å². The smallest absolute Gasteiger partial charge is 0.329 e. The van der Waals surface area contributed by atoms with E-state index in [0.717, 1.165) is 36.2 Å². The van der Waals surface area contributed by atoms with Crippen LogP contribution in [0.15, 0.2) is 51.5 Å². The van der Waals surface area contributed by atoms with Crippen LogP contribution in [0.3, 0.4) is 0 Å². The van der Waals surface area contributed by atoms with E-state index in [1.165, 1.54) is 11.3 Å². The third kappa shape index (κ3) is 4.30. The number of amides is 1. The normalized spacial score (nSPS) is 14.9. The van der Waals surface area contributed by atoms with Crippen LogP contribution in [0.5, 0.6) is 0 Å². The van der Waals surface area contributed by atoms with Crippen LogP contribution >= 0.6 is 11.3 Å². The van der Waals surface area contributed by atoms with Gasteiger partial charge < -0.3 is 4.90 Å². The van der Waals surface area contributed by atoms with E-state index in [-0.39, 0.29) is 17.2 Å². The molecule has 10 heteroatoms. The number of fused-ring (bicyclic) bond motifs is 2. The summed E-state index contributed by atoms with van der Waals surface area (Å²) in [5.74, 6) is 0.0650. The lowest BCUT2D eigenvalue weighted by atomic mass is 10.2. The zero-order valence-electron chi connectivity index (χ0n) is 19.2. The molecule has 4 aromatic rings. The highest BCUT2D eigenvalue weighted by atomic mass is 32.1. The Balaban J connectivity index is 1.19. The van der Waals surface area contributed by atoms with Gasteiger partial charge in [-0.3, -0.25) is 28.0 Å². The molecule has 1 saturated heterocycles. The number of benzene rings is 1. The molecule has 1 aromatic carbocycles. The van der Waals surface area contributed by atoms with E-state index in [2.05, 4.69) is 16.8 Å². The Labute approximate surface area is 200 Å². The molecule has 178 valence electrons. The molecule has 0 spiro atoms. The number of aryl methyl sites for hydroxylation is 2. The van der Waals surface area contributed by atoms with Gasteiger partial charge in [0.1, 0.15) is 0 Å². The van der Waals surface area contributed by atoms with E-state index in [1.807, 2.05) is 34.5 Å². The molecule has 1 fully saturated rings. The Morgan fingerprint density at radius 3 is 2.44 bits per heavy atom. The summed E-state index contributed by atoms with van der Waals surface area (Å²) in [5, 5.41) is 1.85. The zero-order valence-corrected chi connectivity index (χ0v) is 20.0. The molecular formula is C24H28N6O3S. The summed E-state index contributed by atoms with van der Waals surface area (Å²) in [6.07, 6.45) is 2.91. The van der Waals surface area contributed by atoms with Gasteiger partial charge in [0.2, 0.25) is 5.91 Å². The van der Waals surface area contributed by atoms with Crippen LogP contribution in [-0.2, 0) is 24.4 Å². The average Bonchev–Trinajstić information content (AvgIpc) is 3.42. The maximum atomic E-state index is 12.9. The minimum absolute atomic E-state index is 0.0493. The SMILES string of the molecule is CCCn1c(=O)n(CCC(=O)N2CCN(Cc3cc(=O)n4ccsc4n3)CC2)c2ccccc21. The van der Waals surface area contributed by atoms with Gasteiger partial charge in [0, 0.05) is 69.9 Å². The van der Waals surface area contributed by atoms with E-state index in [0.29, 0.717) is 44.1 Å². The predicted molar refractivity (Wildman–Crippen MR) is 132 cm³/mol. The second kappa shape index (κ2) is 9.55. The summed E-state index contributed by atoms with van der Waals surface area (Å²) in [4.78, 5) is 47.4. The Hall–Kier alpha value is -3.24. The molecule has 9 nitrogen and oxygen atoms in total. The number of imidazole rings is 1. The van der Waals surface area contributed by atoms with Gasteiger partial charge in [0.25, 0.3) is 5.56 Å². The van der Waals surface area contributed by atoms with Gasteiger partial charge in [0.05, 0.1) is 16.7 Å². The fourth-order valence-electron chi connectivity index (χ4n) is 4.65. The lowest BCUT2D eigenvalue weighted by molar-refractivity contribution is -0.133. The lowest BCUT2D eigenvalue weighted by Gasteiger charge is -2.34. The fourth-order valence-corrected chi connectivity index (χ4v) is 5.39. The second-order valence-electron chi connectivity index (χ2n) is 8.62. The van der Waals surface area contributed by atoms with Crippen molar-refractivity contribution in [2.45, 2.75) is 39.4 Å². The van der Waals surface area contributed by atoms with Crippen molar-refractivity contribution in [1.29, 1.82) is 0 Å². The second-order valence-corrected chi connectivity index (χ2v) is 9.50. The maximum Gasteiger partial charge on any atom is 0.329 e. The van der Waals surface area contributed by atoms with Crippen LogP contribution in [0.25, 0.3) is 16.0 Å². The third-order valence-corrected chi connectivity index (χ3v) is 7.15. The number of carbonyl (C=O) groups excluding carboxylic acids is 1. The van der Waals surface area contributed by atoms with Crippen molar-refractivity contribution in [2.24, 2.45) is 0 Å². The first kappa shape index (κ1) is 22.5. The Kier molecular flexibility index (Phi) is 6.34. The van der Waals surface area contributed by atoms with Crippen molar-refractivity contribution < 1.29 is 4.79 Å². The van der Waals surface area contributed by atoms with E-state index in [4.69, 9.17) is 0 Å². The molecule has 0 aliphatic carbocycles. The topological polar surface area (TPSA) is 84.9 Å². The van der Waals surface area contributed by atoms with Crippen LogP contribution in [-0.4, -0.2) is 60.4 Å². The summed E-state index contributed by atoms with van der Waals surface area (Å²) in [6.45, 7) is 6.42. The van der Waals surface area contributed by atoms with Crippen molar-refractivity contribution in [1.82, 2.24) is 28.3 Å². The summed E-state index contributed by atoms with van der Waals surface area (Å²) in [5.41, 5.74) is 2.45. The van der Waals surface area contributed by atoms with E-state index >= 15 is 0 Å². The third-order valence-electron chi connectivity index (χ3n) is 6.39. The number of para-hydroxylation sites is 2. The zero-order chi connectivity index (χ0) is 23.7. The molecule has 1 amide bonds. The number of nitrogens with zero attached hydrogens (tertiary/aromatic N) is 6. The number of hydrogen-bond acceptors (Lipinski definition) is 6. The van der Waals surface area contributed by atoms with Crippen LogP contribution in [0.2, 0.25) is 0 Å². The average molecular weight is 481 g/mol. The molecule has 5 rings (SSSR count). The highest BCUT2D eigenvalue weighted by Crippen LogP contribution is 2.15. The molecule has 0 saturated carbocycles. The first-order valence-electron chi connectivity index (χ1n) is 11.7.